The van der Waals surface area contributed by atoms with Crippen LogP contribution in [0.25, 0.3) is 0 Å². The largest absolute Gasteiger partial charge is 0.395 e. The van der Waals surface area contributed by atoms with Gasteiger partial charge in [0.25, 0.3) is 5.91 Å². The van der Waals surface area contributed by atoms with E-state index in [9.17, 15) is 4.79 Å². The number of piperazine rings is 2. The molecule has 0 atom stereocenters. The van der Waals surface area contributed by atoms with Gasteiger partial charge in [0.1, 0.15) is 11.3 Å². The topological polar surface area (TPSA) is 102 Å². The number of hydrogen-bond acceptors (Lipinski definition) is 9. The Balaban J connectivity index is 1.31. The Kier molecular flexibility index (Phi) is 6.14. The zero-order valence-electron chi connectivity index (χ0n) is 17.6. The van der Waals surface area contributed by atoms with Gasteiger partial charge >= 0.3 is 0 Å². The number of anilines is 2. The van der Waals surface area contributed by atoms with E-state index in [0.29, 0.717) is 43.2 Å². The van der Waals surface area contributed by atoms with E-state index in [0.717, 1.165) is 44.4 Å². The number of β-amino-alcohol motifs (C(OH)–C–C–N with tert-alkyl or cyclic N) is 1. The smallest absolute Gasteiger partial charge is 0.259 e. The summed E-state index contributed by atoms with van der Waals surface area (Å²) >= 11 is 0. The van der Waals surface area contributed by atoms with Crippen LogP contribution in [0.15, 0.2) is 16.7 Å². The van der Waals surface area contributed by atoms with Crippen LogP contribution in [0.2, 0.25) is 0 Å². The molecule has 0 bridgehead atoms. The van der Waals surface area contributed by atoms with Crippen molar-refractivity contribution in [2.24, 2.45) is 0 Å². The molecule has 0 radical (unpaired) electrons. The normalized spacial score (nSPS) is 18.2. The van der Waals surface area contributed by atoms with Gasteiger partial charge in [-0.25, -0.2) is 0 Å². The highest BCUT2D eigenvalue weighted by molar-refractivity contribution is 5.96. The van der Waals surface area contributed by atoms with Crippen molar-refractivity contribution in [3.8, 4) is 0 Å². The molecule has 10 heteroatoms. The third-order valence-corrected chi connectivity index (χ3v) is 5.89. The molecule has 30 heavy (non-hydrogen) atoms. The summed E-state index contributed by atoms with van der Waals surface area (Å²) in [7, 11) is 0. The van der Waals surface area contributed by atoms with Crippen molar-refractivity contribution in [1.82, 2.24) is 25.2 Å². The van der Waals surface area contributed by atoms with E-state index in [-0.39, 0.29) is 12.5 Å². The molecule has 0 spiro atoms. The summed E-state index contributed by atoms with van der Waals surface area (Å²) in [5.74, 6) is 2.27. The number of carbonyl (C=O) groups is 1. The van der Waals surface area contributed by atoms with Crippen molar-refractivity contribution in [3.05, 3.63) is 29.2 Å². The molecule has 1 N–H and O–H groups in total. The summed E-state index contributed by atoms with van der Waals surface area (Å²) in [4.78, 5) is 21.3. The molecule has 0 saturated carbocycles. The van der Waals surface area contributed by atoms with Crippen molar-refractivity contribution in [3.63, 3.8) is 0 Å². The van der Waals surface area contributed by atoms with Crippen molar-refractivity contribution in [2.45, 2.75) is 13.8 Å². The Morgan fingerprint density at radius 2 is 1.53 bits per heavy atom. The summed E-state index contributed by atoms with van der Waals surface area (Å²) in [6.45, 7) is 10.8. The number of aliphatic hydroxyl groups excluding tert-OH is 1. The molecule has 0 aliphatic carbocycles. The summed E-state index contributed by atoms with van der Waals surface area (Å²) in [6, 6.07) is 4.03. The monoisotopic (exact) mass is 415 g/mol. The van der Waals surface area contributed by atoms with E-state index in [1.54, 1.807) is 13.8 Å². The van der Waals surface area contributed by atoms with Gasteiger partial charge in [0.15, 0.2) is 11.6 Å². The second-order valence-electron chi connectivity index (χ2n) is 7.78. The zero-order valence-corrected chi connectivity index (χ0v) is 17.6. The van der Waals surface area contributed by atoms with Crippen LogP contribution in [0, 0.1) is 13.8 Å². The van der Waals surface area contributed by atoms with Crippen LogP contribution < -0.4 is 9.80 Å². The van der Waals surface area contributed by atoms with Gasteiger partial charge in [-0.2, -0.15) is 0 Å². The third-order valence-electron chi connectivity index (χ3n) is 5.89. The lowest BCUT2D eigenvalue weighted by Crippen LogP contribution is -2.49. The molecule has 1 amide bonds. The molecule has 0 unspecified atom stereocenters. The van der Waals surface area contributed by atoms with Crippen LogP contribution in [0.3, 0.4) is 0 Å². The number of carbonyl (C=O) groups excluding carboxylic acids is 1. The first kappa shape index (κ1) is 20.5. The van der Waals surface area contributed by atoms with Gasteiger partial charge in [-0.15, -0.1) is 10.2 Å². The van der Waals surface area contributed by atoms with Crippen LogP contribution in [0.5, 0.6) is 0 Å². The molecule has 2 aliphatic rings. The maximum atomic E-state index is 12.8. The van der Waals surface area contributed by atoms with Crippen molar-refractivity contribution >= 4 is 17.5 Å². The number of aliphatic hydroxyl groups is 1. The predicted molar refractivity (Wildman–Crippen MR) is 112 cm³/mol. The van der Waals surface area contributed by atoms with Crippen molar-refractivity contribution in [2.75, 3.05) is 75.3 Å². The van der Waals surface area contributed by atoms with Crippen LogP contribution in [-0.2, 0) is 0 Å². The van der Waals surface area contributed by atoms with Crippen molar-refractivity contribution < 1.29 is 14.4 Å². The highest BCUT2D eigenvalue weighted by Gasteiger charge is 2.27. The Morgan fingerprint density at radius 1 is 0.967 bits per heavy atom. The third kappa shape index (κ3) is 4.24. The van der Waals surface area contributed by atoms with E-state index in [2.05, 4.69) is 30.1 Å². The number of amides is 1. The summed E-state index contributed by atoms with van der Waals surface area (Å²) in [6.07, 6.45) is 0. The highest BCUT2D eigenvalue weighted by Crippen LogP contribution is 2.20. The van der Waals surface area contributed by atoms with Gasteiger partial charge in [-0.1, -0.05) is 5.16 Å². The van der Waals surface area contributed by atoms with Crippen molar-refractivity contribution in [1.29, 1.82) is 0 Å². The summed E-state index contributed by atoms with van der Waals surface area (Å²) in [5, 5.41) is 21.8. The quantitative estimate of drug-likeness (QED) is 0.731. The van der Waals surface area contributed by atoms with Crippen LogP contribution in [0.1, 0.15) is 21.8 Å². The van der Waals surface area contributed by atoms with Gasteiger partial charge in [-0.05, 0) is 26.0 Å². The SMILES string of the molecule is Cc1noc(C)c1C(=O)N1CCN(c2ccc(N3CCN(CCO)CC3)nn2)CC1. The lowest BCUT2D eigenvalue weighted by Gasteiger charge is -2.36. The first-order valence-electron chi connectivity index (χ1n) is 10.5. The molecule has 2 aliphatic heterocycles. The van der Waals surface area contributed by atoms with E-state index >= 15 is 0 Å². The summed E-state index contributed by atoms with van der Waals surface area (Å²) in [5.41, 5.74) is 1.21. The highest BCUT2D eigenvalue weighted by atomic mass is 16.5. The first-order chi connectivity index (χ1) is 14.6. The second-order valence-corrected chi connectivity index (χ2v) is 7.78. The zero-order chi connectivity index (χ0) is 21.1. The van der Waals surface area contributed by atoms with Gasteiger partial charge in [0.05, 0.1) is 12.3 Å². The second kappa shape index (κ2) is 8.97. The Morgan fingerprint density at radius 3 is 2.00 bits per heavy atom. The number of aryl methyl sites for hydroxylation is 2. The van der Waals surface area contributed by atoms with Gasteiger partial charge in [0, 0.05) is 58.9 Å². The van der Waals surface area contributed by atoms with E-state index in [1.165, 1.54) is 0 Å². The molecular formula is C20H29N7O3. The molecule has 4 heterocycles. The minimum absolute atomic E-state index is 0.0207. The molecule has 2 aromatic heterocycles. The summed E-state index contributed by atoms with van der Waals surface area (Å²) < 4.78 is 5.13. The van der Waals surface area contributed by atoms with E-state index in [4.69, 9.17) is 9.63 Å². The molecule has 4 rings (SSSR count). The standard InChI is InChI=1S/C20H29N7O3/c1-15-19(16(2)30-23-15)20(29)27-11-9-26(10-12-27)18-4-3-17(21-22-18)25-7-5-24(6-8-25)13-14-28/h3-4,28H,5-14H2,1-2H3. The van der Waals surface area contributed by atoms with Gasteiger partial charge in [0.2, 0.25) is 0 Å². The predicted octanol–water partition coefficient (Wildman–Crippen LogP) is 0.158. The fraction of sp³-hybridized carbons (Fsp3) is 0.600. The number of hydrogen-bond donors (Lipinski definition) is 1. The molecular weight excluding hydrogens is 386 g/mol. The number of rotatable bonds is 5. The Bertz CT molecular complexity index is 834. The Labute approximate surface area is 176 Å². The maximum absolute atomic E-state index is 12.8. The minimum Gasteiger partial charge on any atom is -0.395 e. The number of nitrogens with zero attached hydrogens (tertiary/aromatic N) is 7. The molecule has 0 aromatic carbocycles. The Hall–Kier alpha value is -2.72. The minimum atomic E-state index is -0.0207. The van der Waals surface area contributed by atoms with E-state index in [1.807, 2.05) is 17.0 Å². The number of aromatic nitrogens is 3. The average molecular weight is 415 g/mol. The molecule has 2 aromatic rings. The van der Waals surface area contributed by atoms with Crippen LogP contribution in [-0.4, -0.2) is 102 Å². The fourth-order valence-corrected chi connectivity index (χ4v) is 4.08. The first-order valence-corrected chi connectivity index (χ1v) is 10.5. The lowest BCUT2D eigenvalue weighted by atomic mass is 10.1. The van der Waals surface area contributed by atoms with Crippen LogP contribution >= 0.6 is 0 Å². The van der Waals surface area contributed by atoms with Crippen LogP contribution in [0.4, 0.5) is 11.6 Å². The fourth-order valence-electron chi connectivity index (χ4n) is 4.08. The average Bonchev–Trinajstić information content (AvgIpc) is 3.12. The van der Waals surface area contributed by atoms with Gasteiger partial charge < -0.3 is 24.3 Å². The van der Waals surface area contributed by atoms with Gasteiger partial charge in [-0.3, -0.25) is 9.69 Å². The molecule has 2 saturated heterocycles. The molecule has 10 nitrogen and oxygen atoms in total. The molecule has 162 valence electrons. The van der Waals surface area contributed by atoms with E-state index < -0.39 is 0 Å². The molecule has 2 fully saturated rings. The lowest BCUT2D eigenvalue weighted by molar-refractivity contribution is 0.0744. The maximum Gasteiger partial charge on any atom is 0.259 e.